The van der Waals surface area contributed by atoms with Gasteiger partial charge in [0.15, 0.2) is 0 Å². The normalized spacial score (nSPS) is 32.1. The van der Waals surface area contributed by atoms with Crippen molar-refractivity contribution in [2.24, 2.45) is 17.3 Å². The molecule has 4 bridgehead atoms. The van der Waals surface area contributed by atoms with Gasteiger partial charge >= 0.3 is 24.0 Å². The van der Waals surface area contributed by atoms with E-state index in [1.54, 1.807) is 13.8 Å². The summed E-state index contributed by atoms with van der Waals surface area (Å²) in [6, 6.07) is 0. The van der Waals surface area contributed by atoms with E-state index in [2.05, 4.69) is 0 Å². The van der Waals surface area contributed by atoms with Gasteiger partial charge in [0.2, 0.25) is 0 Å². The number of ether oxygens (including phenoxy) is 2. The molecule has 0 aromatic heterocycles. The van der Waals surface area contributed by atoms with Gasteiger partial charge in [-0.05, 0) is 64.2 Å². The van der Waals surface area contributed by atoms with Gasteiger partial charge in [0, 0.05) is 6.42 Å². The lowest BCUT2D eigenvalue weighted by molar-refractivity contribution is -0.251. The molecule has 4 aliphatic carbocycles. The van der Waals surface area contributed by atoms with Gasteiger partial charge in [-0.2, -0.15) is 22.0 Å². The Kier molecular flexibility index (Phi) is 6.32. The first-order valence-corrected chi connectivity index (χ1v) is 11.1. The second-order valence-corrected chi connectivity index (χ2v) is 10.9. The van der Waals surface area contributed by atoms with Crippen LogP contribution in [0.2, 0.25) is 0 Å². The fourth-order valence-electron chi connectivity index (χ4n) is 5.84. The molecular weight excluding hydrogens is 461 g/mol. The molecule has 4 rings (SSSR count). The van der Waals surface area contributed by atoms with Crippen LogP contribution < -0.4 is 0 Å². The zero-order valence-corrected chi connectivity index (χ0v) is 18.8. The van der Waals surface area contributed by atoms with Gasteiger partial charge in [0.25, 0.3) is 5.92 Å². The van der Waals surface area contributed by atoms with Crippen molar-refractivity contribution < 1.29 is 49.8 Å². The molecule has 0 N–H and O–H groups in total. The molecule has 4 saturated carbocycles. The van der Waals surface area contributed by atoms with Gasteiger partial charge in [-0.15, -0.1) is 0 Å². The average molecular weight is 490 g/mol. The maximum Gasteiger partial charge on any atom is 0.394 e. The number of hydrogen-bond acceptors (Lipinski definition) is 4. The van der Waals surface area contributed by atoms with Crippen molar-refractivity contribution in [1.82, 2.24) is 0 Å². The Bertz CT molecular complexity index is 776. The van der Waals surface area contributed by atoms with E-state index in [9.17, 15) is 40.3 Å². The van der Waals surface area contributed by atoms with E-state index in [1.165, 1.54) is 0 Å². The van der Waals surface area contributed by atoms with E-state index in [0.717, 1.165) is 6.42 Å². The van der Waals surface area contributed by atoms with Gasteiger partial charge in [0.1, 0.15) is 17.6 Å². The minimum absolute atomic E-state index is 0.0285. The molecule has 33 heavy (non-hydrogen) atoms. The number of alkyl halides is 7. The third-order valence-electron chi connectivity index (χ3n) is 7.25. The highest BCUT2D eigenvalue weighted by Crippen LogP contribution is 2.61. The van der Waals surface area contributed by atoms with E-state index < -0.39 is 59.4 Å². The van der Waals surface area contributed by atoms with Crippen LogP contribution in [0.1, 0.15) is 78.6 Å². The topological polar surface area (TPSA) is 52.6 Å². The lowest BCUT2D eigenvalue weighted by Gasteiger charge is -2.60. The largest absolute Gasteiger partial charge is 0.458 e. The average Bonchev–Trinajstić information content (AvgIpc) is 2.56. The van der Waals surface area contributed by atoms with Crippen molar-refractivity contribution in [3.05, 3.63) is 0 Å². The quantitative estimate of drug-likeness (QED) is 0.300. The maximum atomic E-state index is 14.3. The molecule has 0 aromatic rings. The predicted octanol–water partition coefficient (Wildman–Crippen LogP) is 6.21. The van der Waals surface area contributed by atoms with E-state index in [-0.39, 0.29) is 31.1 Å². The van der Waals surface area contributed by atoms with Crippen molar-refractivity contribution in [2.45, 2.75) is 108 Å². The molecule has 4 aliphatic rings. The van der Waals surface area contributed by atoms with Crippen molar-refractivity contribution in [3.8, 4) is 0 Å². The minimum Gasteiger partial charge on any atom is -0.458 e. The van der Waals surface area contributed by atoms with Crippen LogP contribution in [0.4, 0.5) is 30.7 Å². The number of hydrogen-bond donors (Lipinski definition) is 0. The van der Waals surface area contributed by atoms with E-state index in [4.69, 9.17) is 9.47 Å². The number of carbonyl (C=O) groups excluding carboxylic acids is 2. The van der Waals surface area contributed by atoms with Gasteiger partial charge in [-0.1, -0.05) is 6.92 Å². The van der Waals surface area contributed by atoms with Crippen molar-refractivity contribution in [3.63, 3.8) is 0 Å². The van der Waals surface area contributed by atoms with Crippen molar-refractivity contribution in [1.29, 1.82) is 0 Å². The Balaban J connectivity index is 1.75. The Morgan fingerprint density at radius 1 is 0.818 bits per heavy atom. The van der Waals surface area contributed by atoms with Crippen LogP contribution in [0.3, 0.4) is 0 Å². The first-order valence-electron chi connectivity index (χ1n) is 11.1. The molecule has 190 valence electrons. The summed E-state index contributed by atoms with van der Waals surface area (Å²) in [6.07, 6.45) is -8.06. The third kappa shape index (κ3) is 5.75. The SMILES string of the molecule is CCC(C)(C)C(=O)OC12CC3CC(C1)CC(OC(=O)C(F)(F)CC(F)(F)CC(F)(F)F)(C3)C2. The maximum absolute atomic E-state index is 14.3. The zero-order valence-electron chi connectivity index (χ0n) is 18.8. The van der Waals surface area contributed by atoms with Crippen LogP contribution in [0.15, 0.2) is 0 Å². The number of esters is 2. The highest BCUT2D eigenvalue weighted by atomic mass is 19.4. The smallest absolute Gasteiger partial charge is 0.394 e. The van der Waals surface area contributed by atoms with Crippen molar-refractivity contribution in [2.75, 3.05) is 0 Å². The molecule has 0 saturated heterocycles. The second kappa shape index (κ2) is 8.00. The highest BCUT2D eigenvalue weighted by Gasteiger charge is 2.63. The van der Waals surface area contributed by atoms with Gasteiger partial charge in [0.05, 0.1) is 11.8 Å². The molecule has 11 heteroatoms. The third-order valence-corrected chi connectivity index (χ3v) is 7.25. The number of carbonyl (C=O) groups is 2. The Labute approximate surface area is 187 Å². The van der Waals surface area contributed by atoms with Crippen LogP contribution in [0.25, 0.3) is 0 Å². The first-order chi connectivity index (χ1) is 14.8. The summed E-state index contributed by atoms with van der Waals surface area (Å²) < 4.78 is 104. The summed E-state index contributed by atoms with van der Waals surface area (Å²) >= 11 is 0. The molecule has 0 spiro atoms. The fraction of sp³-hybridized carbons (Fsp3) is 0.909. The summed E-state index contributed by atoms with van der Waals surface area (Å²) in [5.41, 5.74) is -3.19. The Hall–Kier alpha value is -1.55. The molecule has 0 amide bonds. The van der Waals surface area contributed by atoms with E-state index in [0.29, 0.717) is 19.3 Å². The van der Waals surface area contributed by atoms with Crippen LogP contribution >= 0.6 is 0 Å². The lowest BCUT2D eigenvalue weighted by atomic mass is 9.52. The molecule has 0 aromatic carbocycles. The molecule has 4 nitrogen and oxygen atoms in total. The standard InChI is InChI=1S/C22H29F7O4/c1-4-17(2,3)15(30)32-18-6-13-5-14(7-18)9-19(8-13,10-18)33-16(31)21(25,26)11-20(23,24)12-22(27,28)29/h13-14H,4-12H2,1-3H3. The molecule has 0 aliphatic heterocycles. The summed E-state index contributed by atoms with van der Waals surface area (Å²) in [6.45, 7) is 5.25. The molecule has 4 fully saturated rings. The molecule has 0 radical (unpaired) electrons. The number of halogens is 7. The van der Waals surface area contributed by atoms with Crippen LogP contribution in [-0.2, 0) is 19.1 Å². The Morgan fingerprint density at radius 2 is 1.27 bits per heavy atom. The first kappa shape index (κ1) is 26.1. The van der Waals surface area contributed by atoms with E-state index in [1.807, 2.05) is 6.92 Å². The Morgan fingerprint density at radius 3 is 1.70 bits per heavy atom. The minimum atomic E-state index is -5.37. The van der Waals surface area contributed by atoms with Gasteiger partial charge < -0.3 is 9.47 Å². The lowest BCUT2D eigenvalue weighted by Crippen LogP contribution is -2.63. The van der Waals surface area contributed by atoms with Crippen molar-refractivity contribution >= 4 is 11.9 Å². The van der Waals surface area contributed by atoms with Crippen LogP contribution in [-0.4, -0.2) is 41.2 Å². The van der Waals surface area contributed by atoms with Crippen LogP contribution in [0.5, 0.6) is 0 Å². The second-order valence-electron chi connectivity index (χ2n) is 10.9. The predicted molar refractivity (Wildman–Crippen MR) is 102 cm³/mol. The molecular formula is C22H29F7O4. The summed E-state index contributed by atoms with van der Waals surface area (Å²) in [5.74, 6) is -12.5. The fourth-order valence-corrected chi connectivity index (χ4v) is 5.84. The molecule has 2 unspecified atom stereocenters. The highest BCUT2D eigenvalue weighted by molar-refractivity contribution is 5.78. The van der Waals surface area contributed by atoms with E-state index >= 15 is 0 Å². The monoisotopic (exact) mass is 490 g/mol. The summed E-state index contributed by atoms with van der Waals surface area (Å²) in [4.78, 5) is 24.9. The van der Waals surface area contributed by atoms with Crippen LogP contribution in [0, 0.1) is 17.3 Å². The number of rotatable bonds is 8. The molecule has 0 heterocycles. The van der Waals surface area contributed by atoms with Gasteiger partial charge in [-0.3, -0.25) is 4.79 Å². The molecule has 2 atom stereocenters. The van der Waals surface area contributed by atoms with Gasteiger partial charge in [-0.25, -0.2) is 13.6 Å². The zero-order chi connectivity index (χ0) is 25.1. The summed E-state index contributed by atoms with van der Waals surface area (Å²) in [5, 5.41) is 0. The summed E-state index contributed by atoms with van der Waals surface area (Å²) in [7, 11) is 0.